The van der Waals surface area contributed by atoms with Gasteiger partial charge in [-0.05, 0) is 41.0 Å². The molecule has 3 heteroatoms. The normalized spacial score (nSPS) is 13.1. The van der Waals surface area contributed by atoms with Crippen LogP contribution in [-0.2, 0) is 11.8 Å². The molecule has 21 heavy (non-hydrogen) atoms. The lowest BCUT2D eigenvalue weighted by Crippen LogP contribution is -2.28. The van der Waals surface area contributed by atoms with Crippen molar-refractivity contribution < 1.29 is 0 Å². The fraction of sp³-hybridized carbons (Fsp3) is 0.389. The van der Waals surface area contributed by atoms with Crippen molar-refractivity contribution in [1.29, 1.82) is 0 Å². The Hall–Kier alpha value is -1.71. The predicted molar refractivity (Wildman–Crippen MR) is 87.8 cm³/mol. The van der Waals surface area contributed by atoms with Crippen molar-refractivity contribution in [3.63, 3.8) is 0 Å². The summed E-state index contributed by atoms with van der Waals surface area (Å²) in [5.41, 5.74) is 6.92. The molecule has 0 aliphatic heterocycles. The molecule has 0 saturated carbocycles. The van der Waals surface area contributed by atoms with E-state index in [1.54, 1.807) is 6.20 Å². The largest absolute Gasteiger partial charge is 0.271 e. The smallest absolute Gasteiger partial charge is 0.0463 e. The second-order valence-corrected chi connectivity index (χ2v) is 6.49. The van der Waals surface area contributed by atoms with E-state index in [-0.39, 0.29) is 11.5 Å². The maximum atomic E-state index is 5.73. The van der Waals surface area contributed by atoms with E-state index in [0.29, 0.717) is 0 Å². The van der Waals surface area contributed by atoms with Gasteiger partial charge in [-0.1, -0.05) is 51.1 Å². The summed E-state index contributed by atoms with van der Waals surface area (Å²) in [5, 5.41) is 0. The standard InChI is InChI=1S/C18H25N3/c1-18(2,3)16-9-7-15(8-10-16)17(21-19)11-6-14-5-4-12-20-13-14/h4-5,7-10,12-13,17,21H,6,11,19H2,1-3H3. The first kappa shape index (κ1) is 15.7. The van der Waals surface area contributed by atoms with Gasteiger partial charge in [-0.25, -0.2) is 0 Å². The molecule has 1 atom stereocenters. The highest BCUT2D eigenvalue weighted by Gasteiger charge is 2.15. The van der Waals surface area contributed by atoms with Crippen LogP contribution in [0.4, 0.5) is 0 Å². The molecule has 0 aliphatic carbocycles. The second kappa shape index (κ2) is 6.83. The number of rotatable bonds is 5. The lowest BCUT2D eigenvalue weighted by Gasteiger charge is -2.21. The summed E-state index contributed by atoms with van der Waals surface area (Å²) in [6.45, 7) is 6.68. The lowest BCUT2D eigenvalue weighted by atomic mass is 9.86. The molecule has 0 fully saturated rings. The molecule has 0 aliphatic rings. The lowest BCUT2D eigenvalue weighted by molar-refractivity contribution is 0.515. The van der Waals surface area contributed by atoms with Crippen LogP contribution in [0.15, 0.2) is 48.8 Å². The van der Waals surface area contributed by atoms with Gasteiger partial charge in [0.2, 0.25) is 0 Å². The van der Waals surface area contributed by atoms with E-state index in [1.165, 1.54) is 16.7 Å². The van der Waals surface area contributed by atoms with Crippen molar-refractivity contribution in [3.8, 4) is 0 Å². The monoisotopic (exact) mass is 283 g/mol. The zero-order chi connectivity index (χ0) is 15.3. The summed E-state index contributed by atoms with van der Waals surface area (Å²) in [6.07, 6.45) is 5.63. The summed E-state index contributed by atoms with van der Waals surface area (Å²) in [4.78, 5) is 4.15. The quantitative estimate of drug-likeness (QED) is 0.652. The van der Waals surface area contributed by atoms with Crippen LogP contribution in [0.25, 0.3) is 0 Å². The number of nitrogens with zero attached hydrogens (tertiary/aromatic N) is 1. The average Bonchev–Trinajstić information content (AvgIpc) is 2.48. The number of benzene rings is 1. The van der Waals surface area contributed by atoms with E-state index in [1.807, 2.05) is 12.3 Å². The molecule has 0 radical (unpaired) electrons. The number of pyridine rings is 1. The van der Waals surface area contributed by atoms with Crippen LogP contribution in [0.2, 0.25) is 0 Å². The Morgan fingerprint density at radius 3 is 2.38 bits per heavy atom. The van der Waals surface area contributed by atoms with Crippen LogP contribution in [0.3, 0.4) is 0 Å². The SMILES string of the molecule is CC(C)(C)c1ccc(C(CCc2cccnc2)NN)cc1. The Kier molecular flexibility index (Phi) is 5.10. The van der Waals surface area contributed by atoms with Gasteiger partial charge < -0.3 is 0 Å². The third kappa shape index (κ3) is 4.38. The van der Waals surface area contributed by atoms with E-state index in [0.717, 1.165) is 12.8 Å². The van der Waals surface area contributed by atoms with Gasteiger partial charge in [-0.3, -0.25) is 16.3 Å². The van der Waals surface area contributed by atoms with E-state index in [4.69, 9.17) is 5.84 Å². The molecule has 1 heterocycles. The highest BCUT2D eigenvalue weighted by molar-refractivity contribution is 5.29. The van der Waals surface area contributed by atoms with E-state index >= 15 is 0 Å². The maximum absolute atomic E-state index is 5.73. The molecule has 2 rings (SSSR count). The summed E-state index contributed by atoms with van der Waals surface area (Å²) in [5.74, 6) is 5.73. The number of nitrogens with two attached hydrogens (primary N) is 1. The van der Waals surface area contributed by atoms with Gasteiger partial charge in [0.15, 0.2) is 0 Å². The fourth-order valence-corrected chi connectivity index (χ4v) is 2.42. The van der Waals surface area contributed by atoms with Crippen LogP contribution >= 0.6 is 0 Å². The third-order valence-corrected chi connectivity index (χ3v) is 3.82. The molecule has 0 bridgehead atoms. The Morgan fingerprint density at radius 2 is 1.86 bits per heavy atom. The van der Waals surface area contributed by atoms with Crippen LogP contribution in [-0.4, -0.2) is 4.98 Å². The zero-order valence-corrected chi connectivity index (χ0v) is 13.1. The predicted octanol–water partition coefficient (Wildman–Crippen LogP) is 3.52. The minimum absolute atomic E-state index is 0.166. The summed E-state index contributed by atoms with van der Waals surface area (Å²) in [6, 6.07) is 13.0. The van der Waals surface area contributed by atoms with E-state index in [9.17, 15) is 0 Å². The van der Waals surface area contributed by atoms with Crippen molar-refractivity contribution >= 4 is 0 Å². The van der Waals surface area contributed by atoms with Crippen molar-refractivity contribution in [3.05, 3.63) is 65.5 Å². The number of aryl methyl sites for hydroxylation is 1. The minimum Gasteiger partial charge on any atom is -0.271 e. The van der Waals surface area contributed by atoms with Gasteiger partial charge in [-0.15, -0.1) is 0 Å². The second-order valence-electron chi connectivity index (χ2n) is 6.49. The molecule has 0 saturated heterocycles. The molecule has 1 aromatic heterocycles. The summed E-state index contributed by atoms with van der Waals surface area (Å²) >= 11 is 0. The van der Waals surface area contributed by atoms with Crippen molar-refractivity contribution in [1.82, 2.24) is 10.4 Å². The minimum atomic E-state index is 0.166. The Bertz CT molecular complexity index is 541. The number of aromatic nitrogens is 1. The van der Waals surface area contributed by atoms with Crippen LogP contribution in [0, 0.1) is 0 Å². The van der Waals surface area contributed by atoms with Gasteiger partial charge in [0.1, 0.15) is 0 Å². The molecule has 0 amide bonds. The molecule has 2 aromatic rings. The van der Waals surface area contributed by atoms with E-state index < -0.39 is 0 Å². The molecular formula is C18H25N3. The topological polar surface area (TPSA) is 50.9 Å². The molecule has 1 aromatic carbocycles. The fourth-order valence-electron chi connectivity index (χ4n) is 2.42. The number of hydrazine groups is 1. The maximum Gasteiger partial charge on any atom is 0.0463 e. The molecular weight excluding hydrogens is 258 g/mol. The van der Waals surface area contributed by atoms with Gasteiger partial charge in [-0.2, -0.15) is 0 Å². The van der Waals surface area contributed by atoms with Gasteiger partial charge >= 0.3 is 0 Å². The molecule has 3 nitrogen and oxygen atoms in total. The van der Waals surface area contributed by atoms with Gasteiger partial charge in [0.05, 0.1) is 0 Å². The molecule has 0 spiro atoms. The third-order valence-electron chi connectivity index (χ3n) is 3.82. The highest BCUT2D eigenvalue weighted by atomic mass is 15.2. The van der Waals surface area contributed by atoms with Crippen molar-refractivity contribution in [2.24, 2.45) is 5.84 Å². The average molecular weight is 283 g/mol. The molecule has 112 valence electrons. The first-order valence-corrected chi connectivity index (χ1v) is 7.46. The van der Waals surface area contributed by atoms with Crippen LogP contribution < -0.4 is 11.3 Å². The zero-order valence-electron chi connectivity index (χ0n) is 13.1. The number of nitrogens with one attached hydrogen (secondary N) is 1. The van der Waals surface area contributed by atoms with Crippen molar-refractivity contribution in [2.45, 2.75) is 45.1 Å². The summed E-state index contributed by atoms with van der Waals surface area (Å²) in [7, 11) is 0. The number of hydrogen-bond donors (Lipinski definition) is 2. The number of hydrogen-bond acceptors (Lipinski definition) is 3. The highest BCUT2D eigenvalue weighted by Crippen LogP contribution is 2.25. The van der Waals surface area contributed by atoms with Gasteiger partial charge in [0.25, 0.3) is 0 Å². The Labute approximate surface area is 127 Å². The Balaban J connectivity index is 2.04. The Morgan fingerprint density at radius 1 is 1.14 bits per heavy atom. The van der Waals surface area contributed by atoms with Crippen molar-refractivity contribution in [2.75, 3.05) is 0 Å². The first-order valence-electron chi connectivity index (χ1n) is 7.46. The molecule has 3 N–H and O–H groups in total. The summed E-state index contributed by atoms with van der Waals surface area (Å²) < 4.78 is 0. The van der Waals surface area contributed by atoms with Gasteiger partial charge in [0, 0.05) is 18.4 Å². The first-order chi connectivity index (χ1) is 10.0. The van der Waals surface area contributed by atoms with Crippen LogP contribution in [0.5, 0.6) is 0 Å². The van der Waals surface area contributed by atoms with E-state index in [2.05, 4.69) is 61.5 Å². The van der Waals surface area contributed by atoms with Crippen LogP contribution in [0.1, 0.15) is 49.9 Å². The molecule has 1 unspecified atom stereocenters.